The minimum atomic E-state index is -0.165. The molecule has 2 aromatic carbocycles. The van der Waals surface area contributed by atoms with Gasteiger partial charge < -0.3 is 10.1 Å². The van der Waals surface area contributed by atoms with Gasteiger partial charge in [0.2, 0.25) is 0 Å². The fourth-order valence-corrected chi connectivity index (χ4v) is 3.39. The zero-order valence-corrected chi connectivity index (χ0v) is 16.3. The van der Waals surface area contributed by atoms with E-state index >= 15 is 0 Å². The third kappa shape index (κ3) is 4.55. The molecule has 7 heteroatoms. The molecule has 0 atom stereocenters. The van der Waals surface area contributed by atoms with Gasteiger partial charge in [0.05, 0.1) is 10.0 Å². The van der Waals surface area contributed by atoms with Crippen LogP contribution in [0.4, 0.5) is 0 Å². The van der Waals surface area contributed by atoms with Crippen molar-refractivity contribution in [3.05, 3.63) is 69.1 Å². The average molecular weight is 407 g/mol. The summed E-state index contributed by atoms with van der Waals surface area (Å²) in [5.41, 5.74) is 2.25. The number of rotatable bonds is 6. The number of hydrogen-bond donors (Lipinski definition) is 1. The number of halogens is 2. The second kappa shape index (κ2) is 8.54. The van der Waals surface area contributed by atoms with E-state index < -0.39 is 0 Å². The van der Waals surface area contributed by atoms with Crippen LogP contribution >= 0.6 is 34.5 Å². The van der Waals surface area contributed by atoms with E-state index in [1.54, 1.807) is 17.5 Å². The van der Waals surface area contributed by atoms with Crippen molar-refractivity contribution in [1.29, 1.82) is 0 Å². The van der Waals surface area contributed by atoms with Gasteiger partial charge >= 0.3 is 0 Å². The van der Waals surface area contributed by atoms with Crippen molar-refractivity contribution in [2.75, 3.05) is 6.54 Å². The maximum atomic E-state index is 11.9. The SMILES string of the molecule is CCNC(=O)c1csc(-c2cccc(OCc3ccc(Cl)c(Cl)c3)c2)n1. The van der Waals surface area contributed by atoms with Crippen LogP contribution in [0.15, 0.2) is 47.8 Å². The zero-order valence-electron chi connectivity index (χ0n) is 14.0. The molecule has 0 aliphatic rings. The van der Waals surface area contributed by atoms with Gasteiger partial charge in [0.25, 0.3) is 5.91 Å². The quantitative estimate of drug-likeness (QED) is 0.592. The summed E-state index contributed by atoms with van der Waals surface area (Å²) >= 11 is 13.4. The molecule has 0 fully saturated rings. The number of thiazole rings is 1. The first-order valence-electron chi connectivity index (χ1n) is 7.97. The molecule has 1 aromatic heterocycles. The second-order valence-electron chi connectivity index (χ2n) is 5.46. The highest BCUT2D eigenvalue weighted by atomic mass is 35.5. The Morgan fingerprint density at radius 1 is 1.19 bits per heavy atom. The maximum Gasteiger partial charge on any atom is 0.270 e. The molecular formula is C19H16Cl2N2O2S. The number of carbonyl (C=O) groups is 1. The number of nitrogens with zero attached hydrogens (tertiary/aromatic N) is 1. The molecule has 3 aromatic rings. The highest BCUT2D eigenvalue weighted by molar-refractivity contribution is 7.13. The van der Waals surface area contributed by atoms with E-state index in [1.807, 2.05) is 37.3 Å². The minimum absolute atomic E-state index is 0.165. The molecule has 1 N–H and O–H groups in total. The van der Waals surface area contributed by atoms with Crippen molar-refractivity contribution >= 4 is 40.4 Å². The van der Waals surface area contributed by atoms with Crippen LogP contribution in [0, 0.1) is 0 Å². The summed E-state index contributed by atoms with van der Waals surface area (Å²) in [5.74, 6) is 0.547. The topological polar surface area (TPSA) is 51.2 Å². The van der Waals surface area contributed by atoms with Gasteiger partial charge in [-0.2, -0.15) is 0 Å². The molecule has 0 radical (unpaired) electrons. The summed E-state index contributed by atoms with van der Waals surface area (Å²) in [5, 5.41) is 6.29. The van der Waals surface area contributed by atoms with E-state index in [-0.39, 0.29) is 5.91 Å². The van der Waals surface area contributed by atoms with Gasteiger partial charge in [0.1, 0.15) is 23.1 Å². The number of nitrogens with one attached hydrogen (secondary N) is 1. The van der Waals surface area contributed by atoms with Gasteiger partial charge in [-0.1, -0.05) is 41.4 Å². The highest BCUT2D eigenvalue weighted by Crippen LogP contribution is 2.28. The fraction of sp³-hybridized carbons (Fsp3) is 0.158. The molecule has 1 heterocycles. The molecule has 26 heavy (non-hydrogen) atoms. The normalized spacial score (nSPS) is 10.6. The van der Waals surface area contributed by atoms with E-state index in [2.05, 4.69) is 10.3 Å². The molecule has 0 spiro atoms. The van der Waals surface area contributed by atoms with E-state index in [1.165, 1.54) is 11.3 Å². The van der Waals surface area contributed by atoms with Crippen LogP contribution in [-0.4, -0.2) is 17.4 Å². The Labute approximate surface area is 165 Å². The van der Waals surface area contributed by atoms with Crippen molar-refractivity contribution in [2.45, 2.75) is 13.5 Å². The van der Waals surface area contributed by atoms with Crippen molar-refractivity contribution in [3.63, 3.8) is 0 Å². The van der Waals surface area contributed by atoms with Crippen LogP contribution in [0.3, 0.4) is 0 Å². The van der Waals surface area contributed by atoms with Crippen molar-refractivity contribution in [3.8, 4) is 16.3 Å². The number of carbonyl (C=O) groups excluding carboxylic acids is 1. The predicted molar refractivity (Wildman–Crippen MR) is 106 cm³/mol. The Hall–Kier alpha value is -2.08. The first kappa shape index (κ1) is 18.7. The number of aromatic nitrogens is 1. The molecule has 3 rings (SSSR count). The molecule has 0 saturated heterocycles. The standard InChI is InChI=1S/C19H16Cl2N2O2S/c1-2-22-18(24)17-11-26-19(23-17)13-4-3-5-14(9-13)25-10-12-6-7-15(20)16(21)8-12/h3-9,11H,2,10H2,1H3,(H,22,24). The summed E-state index contributed by atoms with van der Waals surface area (Å²) in [6.07, 6.45) is 0. The lowest BCUT2D eigenvalue weighted by atomic mass is 10.2. The minimum Gasteiger partial charge on any atom is -0.489 e. The van der Waals surface area contributed by atoms with E-state index in [9.17, 15) is 4.79 Å². The summed E-state index contributed by atoms with van der Waals surface area (Å²) in [6, 6.07) is 13.0. The predicted octanol–water partition coefficient (Wildman–Crippen LogP) is 5.45. The van der Waals surface area contributed by atoms with Gasteiger partial charge in [-0.25, -0.2) is 4.98 Å². The highest BCUT2D eigenvalue weighted by Gasteiger charge is 2.11. The molecule has 0 aliphatic carbocycles. The Balaban J connectivity index is 1.72. The van der Waals surface area contributed by atoms with Crippen LogP contribution < -0.4 is 10.1 Å². The lowest BCUT2D eigenvalue weighted by Crippen LogP contribution is -2.22. The molecule has 0 bridgehead atoms. The van der Waals surface area contributed by atoms with E-state index in [0.29, 0.717) is 34.6 Å². The molecule has 134 valence electrons. The largest absolute Gasteiger partial charge is 0.489 e. The number of amides is 1. The zero-order chi connectivity index (χ0) is 18.5. The summed E-state index contributed by atoms with van der Waals surface area (Å²) in [4.78, 5) is 16.3. The summed E-state index contributed by atoms with van der Waals surface area (Å²) in [7, 11) is 0. The lowest BCUT2D eigenvalue weighted by Gasteiger charge is -2.08. The number of hydrogen-bond acceptors (Lipinski definition) is 4. The Morgan fingerprint density at radius 3 is 2.81 bits per heavy atom. The second-order valence-corrected chi connectivity index (χ2v) is 7.13. The molecule has 1 amide bonds. The number of ether oxygens (including phenoxy) is 1. The average Bonchev–Trinajstić information content (AvgIpc) is 3.13. The van der Waals surface area contributed by atoms with Gasteiger partial charge in [0.15, 0.2) is 0 Å². The van der Waals surface area contributed by atoms with Crippen LogP contribution in [0.25, 0.3) is 10.6 Å². The van der Waals surface area contributed by atoms with Crippen molar-refractivity contribution in [1.82, 2.24) is 10.3 Å². The van der Waals surface area contributed by atoms with Crippen LogP contribution in [-0.2, 0) is 6.61 Å². The van der Waals surface area contributed by atoms with E-state index in [0.717, 1.165) is 16.1 Å². The first-order chi connectivity index (χ1) is 12.6. The van der Waals surface area contributed by atoms with Crippen LogP contribution in [0.5, 0.6) is 5.75 Å². The molecule has 0 unspecified atom stereocenters. The molecular weight excluding hydrogens is 391 g/mol. The van der Waals surface area contributed by atoms with Crippen LogP contribution in [0.1, 0.15) is 23.0 Å². The molecule has 0 aliphatic heterocycles. The lowest BCUT2D eigenvalue weighted by molar-refractivity contribution is 0.0951. The van der Waals surface area contributed by atoms with E-state index in [4.69, 9.17) is 27.9 Å². The van der Waals surface area contributed by atoms with Crippen LogP contribution in [0.2, 0.25) is 10.0 Å². The smallest absolute Gasteiger partial charge is 0.270 e. The fourth-order valence-electron chi connectivity index (χ4n) is 2.28. The van der Waals surface area contributed by atoms with Gasteiger partial charge in [0, 0.05) is 17.5 Å². The Morgan fingerprint density at radius 2 is 2.04 bits per heavy atom. The summed E-state index contributed by atoms with van der Waals surface area (Å²) in [6.45, 7) is 2.83. The van der Waals surface area contributed by atoms with Gasteiger partial charge in [-0.05, 0) is 36.8 Å². The first-order valence-corrected chi connectivity index (χ1v) is 9.61. The Kier molecular flexibility index (Phi) is 6.14. The summed E-state index contributed by atoms with van der Waals surface area (Å²) < 4.78 is 5.84. The van der Waals surface area contributed by atoms with Crippen molar-refractivity contribution < 1.29 is 9.53 Å². The third-order valence-electron chi connectivity index (χ3n) is 3.54. The van der Waals surface area contributed by atoms with Gasteiger partial charge in [-0.3, -0.25) is 4.79 Å². The Bertz CT molecular complexity index is 927. The van der Waals surface area contributed by atoms with Crippen molar-refractivity contribution in [2.24, 2.45) is 0 Å². The molecule has 0 saturated carbocycles. The number of benzene rings is 2. The maximum absolute atomic E-state index is 11.9. The van der Waals surface area contributed by atoms with Gasteiger partial charge in [-0.15, -0.1) is 11.3 Å². The monoisotopic (exact) mass is 406 g/mol. The third-order valence-corrected chi connectivity index (χ3v) is 5.18. The molecule has 4 nitrogen and oxygen atoms in total.